The number of rotatable bonds is 3. The van der Waals surface area contributed by atoms with Crippen molar-refractivity contribution in [1.29, 1.82) is 0 Å². The van der Waals surface area contributed by atoms with E-state index in [9.17, 15) is 0 Å². The molecule has 0 aromatic carbocycles. The van der Waals surface area contributed by atoms with Gasteiger partial charge in [-0.25, -0.2) is 4.98 Å². The van der Waals surface area contributed by atoms with Gasteiger partial charge in [-0.15, -0.1) is 0 Å². The van der Waals surface area contributed by atoms with Crippen molar-refractivity contribution in [2.45, 2.75) is 6.92 Å². The predicted octanol–water partition coefficient (Wildman–Crippen LogP) is 0.343. The molecule has 0 fully saturated rings. The molecular weight excluding hydrogens is 156 g/mol. The third-order valence-corrected chi connectivity index (χ3v) is 1.44. The summed E-state index contributed by atoms with van der Waals surface area (Å²) in [6.07, 6.45) is 0. The highest BCUT2D eigenvalue weighted by atomic mass is 16.5. The fourth-order valence-electron chi connectivity index (χ4n) is 0.779. The average molecular weight is 168 g/mol. The van der Waals surface area contributed by atoms with Crippen LogP contribution in [0.15, 0.2) is 12.1 Å². The molecule has 0 amide bonds. The quantitative estimate of drug-likeness (QED) is 0.683. The number of aliphatic hydroxyl groups excluding tert-OH is 1. The molecule has 1 aromatic heterocycles. The van der Waals surface area contributed by atoms with Crippen LogP contribution in [0, 0.1) is 6.92 Å². The minimum atomic E-state index is -0.00883. The van der Waals surface area contributed by atoms with Crippen LogP contribution in [-0.2, 0) is 0 Å². The number of nitrogens with zero attached hydrogens (tertiary/aromatic N) is 1. The first-order valence-corrected chi connectivity index (χ1v) is 3.71. The van der Waals surface area contributed by atoms with Crippen molar-refractivity contribution in [3.8, 4) is 5.88 Å². The summed E-state index contributed by atoms with van der Waals surface area (Å²) in [6.45, 7) is 2.06. The Balaban J connectivity index is 2.69. The van der Waals surface area contributed by atoms with Gasteiger partial charge in [-0.1, -0.05) is 0 Å². The van der Waals surface area contributed by atoms with Crippen LogP contribution in [0.1, 0.15) is 5.69 Å². The molecule has 12 heavy (non-hydrogen) atoms. The smallest absolute Gasteiger partial charge is 0.213 e. The van der Waals surface area contributed by atoms with Gasteiger partial charge < -0.3 is 15.6 Å². The lowest BCUT2D eigenvalue weighted by atomic mass is 10.3. The Morgan fingerprint density at radius 3 is 2.92 bits per heavy atom. The maximum atomic E-state index is 8.47. The molecule has 66 valence electrons. The molecular formula is C8H12N2O2. The van der Waals surface area contributed by atoms with Gasteiger partial charge in [-0.05, 0) is 13.0 Å². The maximum Gasteiger partial charge on any atom is 0.213 e. The molecule has 0 saturated heterocycles. The standard InChI is InChI=1S/C8H12N2O2/c1-6-7(9)2-3-8(10-6)12-5-4-11/h2-3,11H,4-5,9H2,1H3. The van der Waals surface area contributed by atoms with Crippen molar-refractivity contribution in [2.24, 2.45) is 0 Å². The Hall–Kier alpha value is -1.29. The molecule has 4 nitrogen and oxygen atoms in total. The normalized spacial score (nSPS) is 9.83. The van der Waals surface area contributed by atoms with Gasteiger partial charge in [0.05, 0.1) is 18.0 Å². The summed E-state index contributed by atoms with van der Waals surface area (Å²) in [5.41, 5.74) is 6.94. The lowest BCUT2D eigenvalue weighted by Gasteiger charge is -2.04. The Morgan fingerprint density at radius 1 is 1.58 bits per heavy atom. The van der Waals surface area contributed by atoms with E-state index in [1.54, 1.807) is 19.1 Å². The van der Waals surface area contributed by atoms with Crippen molar-refractivity contribution in [3.05, 3.63) is 17.8 Å². The van der Waals surface area contributed by atoms with Crippen LogP contribution in [0.25, 0.3) is 0 Å². The number of nitrogens with two attached hydrogens (primary N) is 1. The number of ether oxygens (including phenoxy) is 1. The Bertz CT molecular complexity index is 263. The zero-order valence-corrected chi connectivity index (χ0v) is 6.95. The minimum absolute atomic E-state index is 0.00883. The second-order valence-corrected chi connectivity index (χ2v) is 2.40. The van der Waals surface area contributed by atoms with Gasteiger partial charge in [0.2, 0.25) is 5.88 Å². The molecule has 1 aromatic rings. The summed E-state index contributed by atoms with van der Waals surface area (Å²) in [6, 6.07) is 3.41. The van der Waals surface area contributed by atoms with E-state index in [2.05, 4.69) is 4.98 Å². The Morgan fingerprint density at radius 2 is 2.33 bits per heavy atom. The van der Waals surface area contributed by atoms with E-state index in [0.717, 1.165) is 5.69 Å². The first-order chi connectivity index (χ1) is 5.74. The number of hydrogen-bond acceptors (Lipinski definition) is 4. The van der Waals surface area contributed by atoms with Gasteiger partial charge in [0, 0.05) is 6.07 Å². The zero-order valence-electron chi connectivity index (χ0n) is 6.95. The van der Waals surface area contributed by atoms with Crippen molar-refractivity contribution in [1.82, 2.24) is 4.98 Å². The van der Waals surface area contributed by atoms with Gasteiger partial charge in [-0.3, -0.25) is 0 Å². The monoisotopic (exact) mass is 168 g/mol. The van der Waals surface area contributed by atoms with Crippen molar-refractivity contribution < 1.29 is 9.84 Å². The molecule has 0 aliphatic heterocycles. The number of aryl methyl sites for hydroxylation is 1. The van der Waals surface area contributed by atoms with E-state index in [0.29, 0.717) is 11.6 Å². The van der Waals surface area contributed by atoms with Crippen LogP contribution < -0.4 is 10.5 Å². The van der Waals surface area contributed by atoms with E-state index in [-0.39, 0.29) is 13.2 Å². The molecule has 0 spiro atoms. The van der Waals surface area contributed by atoms with E-state index >= 15 is 0 Å². The van der Waals surface area contributed by atoms with E-state index < -0.39 is 0 Å². The van der Waals surface area contributed by atoms with Crippen LogP contribution in [-0.4, -0.2) is 23.3 Å². The van der Waals surface area contributed by atoms with Gasteiger partial charge >= 0.3 is 0 Å². The number of aromatic nitrogens is 1. The summed E-state index contributed by atoms with van der Waals surface area (Å²) in [5, 5.41) is 8.47. The highest BCUT2D eigenvalue weighted by Gasteiger charge is 1.97. The lowest BCUT2D eigenvalue weighted by Crippen LogP contribution is -2.04. The summed E-state index contributed by atoms with van der Waals surface area (Å²) in [4.78, 5) is 4.05. The van der Waals surface area contributed by atoms with Crippen molar-refractivity contribution >= 4 is 5.69 Å². The van der Waals surface area contributed by atoms with E-state index in [4.69, 9.17) is 15.6 Å². The van der Waals surface area contributed by atoms with Crippen LogP contribution in [0.3, 0.4) is 0 Å². The van der Waals surface area contributed by atoms with Crippen LogP contribution >= 0.6 is 0 Å². The maximum absolute atomic E-state index is 8.47. The van der Waals surface area contributed by atoms with E-state index in [1.807, 2.05) is 0 Å². The summed E-state index contributed by atoms with van der Waals surface area (Å²) < 4.78 is 5.07. The SMILES string of the molecule is Cc1nc(OCCO)ccc1N. The highest BCUT2D eigenvalue weighted by molar-refractivity contribution is 5.43. The zero-order chi connectivity index (χ0) is 8.97. The van der Waals surface area contributed by atoms with E-state index in [1.165, 1.54) is 0 Å². The number of nitrogen functional groups attached to an aromatic ring is 1. The van der Waals surface area contributed by atoms with Crippen molar-refractivity contribution in [3.63, 3.8) is 0 Å². The third-order valence-electron chi connectivity index (χ3n) is 1.44. The molecule has 1 rings (SSSR count). The fraction of sp³-hybridized carbons (Fsp3) is 0.375. The minimum Gasteiger partial charge on any atom is -0.475 e. The molecule has 1 heterocycles. The molecule has 0 unspecified atom stereocenters. The molecule has 3 N–H and O–H groups in total. The number of pyridine rings is 1. The van der Waals surface area contributed by atoms with Gasteiger partial charge in [0.15, 0.2) is 0 Å². The molecule has 0 saturated carbocycles. The van der Waals surface area contributed by atoms with Gasteiger partial charge in [0.1, 0.15) is 6.61 Å². The fourth-order valence-corrected chi connectivity index (χ4v) is 0.779. The van der Waals surface area contributed by atoms with Crippen LogP contribution in [0.2, 0.25) is 0 Å². The highest BCUT2D eigenvalue weighted by Crippen LogP contribution is 2.13. The average Bonchev–Trinajstić information content (AvgIpc) is 2.07. The third kappa shape index (κ3) is 2.10. The lowest BCUT2D eigenvalue weighted by molar-refractivity contribution is 0.196. The molecule has 0 atom stereocenters. The predicted molar refractivity (Wildman–Crippen MR) is 46.0 cm³/mol. The summed E-state index contributed by atoms with van der Waals surface area (Å²) >= 11 is 0. The number of hydrogen-bond donors (Lipinski definition) is 2. The molecule has 0 aliphatic carbocycles. The molecule has 0 radical (unpaired) electrons. The molecule has 4 heteroatoms. The summed E-state index contributed by atoms with van der Waals surface area (Å²) in [5.74, 6) is 0.496. The van der Waals surface area contributed by atoms with Crippen LogP contribution in [0.4, 0.5) is 5.69 Å². The number of anilines is 1. The molecule has 0 bridgehead atoms. The summed E-state index contributed by atoms with van der Waals surface area (Å²) in [7, 11) is 0. The van der Waals surface area contributed by atoms with Gasteiger partial charge in [0.25, 0.3) is 0 Å². The largest absolute Gasteiger partial charge is 0.475 e. The first kappa shape index (κ1) is 8.80. The van der Waals surface area contributed by atoms with Crippen molar-refractivity contribution in [2.75, 3.05) is 18.9 Å². The van der Waals surface area contributed by atoms with Gasteiger partial charge in [-0.2, -0.15) is 0 Å². The Labute approximate surface area is 71.0 Å². The topological polar surface area (TPSA) is 68.4 Å². The Kier molecular flexibility index (Phi) is 2.88. The van der Waals surface area contributed by atoms with Crippen LogP contribution in [0.5, 0.6) is 5.88 Å². The first-order valence-electron chi connectivity index (χ1n) is 3.71. The number of aliphatic hydroxyl groups is 1. The second kappa shape index (κ2) is 3.92. The second-order valence-electron chi connectivity index (χ2n) is 2.40. The molecule has 0 aliphatic rings.